The quantitative estimate of drug-likeness (QED) is 0.328. The molecule has 1 aliphatic heterocycles. The molecule has 0 aliphatic carbocycles. The lowest BCUT2D eigenvalue weighted by molar-refractivity contribution is -0.384. The van der Waals surface area contributed by atoms with Crippen molar-refractivity contribution in [2.75, 3.05) is 25.1 Å². The van der Waals surface area contributed by atoms with E-state index < -0.39 is 11.8 Å². The van der Waals surface area contributed by atoms with Crippen molar-refractivity contribution in [2.24, 2.45) is 0 Å². The minimum Gasteiger partial charge on any atom is -0.465 e. The Bertz CT molecular complexity index is 1140. The number of halogens is 1. The molecule has 1 fully saturated rings. The predicted octanol–water partition coefficient (Wildman–Crippen LogP) is 4.83. The molecule has 4 rings (SSSR count). The highest BCUT2D eigenvalue weighted by atomic mass is 19.1. The highest BCUT2D eigenvalue weighted by Gasteiger charge is 2.23. The number of rotatable bonds is 5. The van der Waals surface area contributed by atoms with Crippen LogP contribution in [0.1, 0.15) is 29.6 Å². The lowest BCUT2D eigenvalue weighted by Crippen LogP contribution is -2.29. The summed E-state index contributed by atoms with van der Waals surface area (Å²) < 4.78 is 24.2. The fourth-order valence-corrected chi connectivity index (χ4v) is 3.72. The molecule has 0 N–H and O–H groups in total. The molecule has 0 saturated carbocycles. The number of carbonyl (C=O) groups is 1. The molecule has 1 aromatic heterocycles. The van der Waals surface area contributed by atoms with Crippen LogP contribution in [-0.2, 0) is 4.74 Å². The number of hydrogen-bond donors (Lipinski definition) is 0. The molecule has 0 atom stereocenters. The minimum atomic E-state index is -0.763. The zero-order valence-electron chi connectivity index (χ0n) is 16.8. The third-order valence-electron chi connectivity index (χ3n) is 5.33. The monoisotopic (exact) mass is 425 g/mol. The molecule has 1 aliphatic rings. The van der Waals surface area contributed by atoms with Crippen LogP contribution in [0.5, 0.6) is 0 Å². The number of hydrogen-bond acceptors (Lipinski definition) is 7. The van der Waals surface area contributed by atoms with E-state index in [1.54, 1.807) is 24.3 Å². The summed E-state index contributed by atoms with van der Waals surface area (Å²) in [6, 6.07) is 10.5. The standard InChI is InChI=1S/C22H20FN3O5/c1-30-22(27)16-7-5-14(11-17(16)23)18-13-21(31-24-18)15-6-8-19(26(28)29)20(12-15)25-9-3-2-4-10-25/h5-8,11-13H,2-4,9-10H2,1H3. The number of benzene rings is 2. The number of nitrogens with zero attached hydrogens (tertiary/aromatic N) is 3. The van der Waals surface area contributed by atoms with Gasteiger partial charge in [-0.1, -0.05) is 11.2 Å². The van der Waals surface area contributed by atoms with Crippen molar-refractivity contribution in [1.29, 1.82) is 0 Å². The van der Waals surface area contributed by atoms with Crippen LogP contribution < -0.4 is 4.90 Å². The van der Waals surface area contributed by atoms with Gasteiger partial charge in [0.25, 0.3) is 5.69 Å². The Morgan fingerprint density at radius 2 is 1.87 bits per heavy atom. The number of esters is 1. The molecule has 9 heteroatoms. The van der Waals surface area contributed by atoms with E-state index in [1.165, 1.54) is 25.3 Å². The molecule has 0 radical (unpaired) electrons. The highest BCUT2D eigenvalue weighted by molar-refractivity contribution is 5.90. The van der Waals surface area contributed by atoms with Gasteiger partial charge in [-0.2, -0.15) is 0 Å². The maximum Gasteiger partial charge on any atom is 0.340 e. The maximum atomic E-state index is 14.3. The number of piperidine rings is 1. The maximum absolute atomic E-state index is 14.3. The van der Waals surface area contributed by atoms with E-state index in [0.717, 1.165) is 32.4 Å². The van der Waals surface area contributed by atoms with Gasteiger partial charge < -0.3 is 14.2 Å². The predicted molar refractivity (Wildman–Crippen MR) is 111 cm³/mol. The van der Waals surface area contributed by atoms with Gasteiger partial charge in [-0.25, -0.2) is 9.18 Å². The van der Waals surface area contributed by atoms with Gasteiger partial charge >= 0.3 is 5.97 Å². The molecular weight excluding hydrogens is 405 g/mol. The first-order valence-electron chi connectivity index (χ1n) is 9.86. The van der Waals surface area contributed by atoms with Crippen molar-refractivity contribution in [3.05, 3.63) is 64.0 Å². The topological polar surface area (TPSA) is 98.7 Å². The Balaban J connectivity index is 1.67. The van der Waals surface area contributed by atoms with Crippen LogP contribution in [0.4, 0.5) is 15.8 Å². The van der Waals surface area contributed by atoms with Crippen molar-refractivity contribution < 1.29 is 23.4 Å². The zero-order chi connectivity index (χ0) is 22.0. The molecule has 3 aromatic rings. The van der Waals surface area contributed by atoms with Crippen LogP contribution in [0.25, 0.3) is 22.6 Å². The van der Waals surface area contributed by atoms with Gasteiger partial charge in [-0.15, -0.1) is 0 Å². The second-order valence-corrected chi connectivity index (χ2v) is 7.27. The normalized spacial score (nSPS) is 13.8. The summed E-state index contributed by atoms with van der Waals surface area (Å²) in [5, 5.41) is 15.5. The molecule has 8 nitrogen and oxygen atoms in total. The minimum absolute atomic E-state index is 0.0471. The second kappa shape index (κ2) is 8.55. The van der Waals surface area contributed by atoms with Crippen LogP contribution in [0, 0.1) is 15.9 Å². The van der Waals surface area contributed by atoms with Crippen molar-refractivity contribution in [1.82, 2.24) is 5.16 Å². The molecule has 0 bridgehead atoms. The van der Waals surface area contributed by atoms with Crippen molar-refractivity contribution in [3.8, 4) is 22.6 Å². The van der Waals surface area contributed by atoms with Crippen molar-refractivity contribution in [2.45, 2.75) is 19.3 Å². The van der Waals surface area contributed by atoms with Crippen LogP contribution >= 0.6 is 0 Å². The number of nitro groups is 1. The summed E-state index contributed by atoms with van der Waals surface area (Å²) in [7, 11) is 1.18. The molecule has 2 heterocycles. The molecule has 1 saturated heterocycles. The third kappa shape index (κ3) is 4.11. The lowest BCUT2D eigenvalue weighted by atomic mass is 10.0. The van der Waals surface area contributed by atoms with E-state index in [0.29, 0.717) is 28.3 Å². The Labute approximate surface area is 177 Å². The number of nitro benzene ring substituents is 1. The fourth-order valence-electron chi connectivity index (χ4n) is 3.72. The molecule has 2 aromatic carbocycles. The summed E-state index contributed by atoms with van der Waals surface area (Å²) in [6.07, 6.45) is 3.09. The highest BCUT2D eigenvalue weighted by Crippen LogP contribution is 2.36. The van der Waals surface area contributed by atoms with Crippen LogP contribution in [0.15, 0.2) is 47.0 Å². The van der Waals surface area contributed by atoms with Gasteiger partial charge in [-0.3, -0.25) is 10.1 Å². The van der Waals surface area contributed by atoms with Crippen LogP contribution in [0.2, 0.25) is 0 Å². The molecule has 0 unspecified atom stereocenters. The lowest BCUT2D eigenvalue weighted by Gasteiger charge is -2.28. The Morgan fingerprint density at radius 1 is 1.13 bits per heavy atom. The number of carbonyl (C=O) groups excluding carboxylic acids is 1. The van der Waals surface area contributed by atoms with Gasteiger partial charge in [0.1, 0.15) is 17.2 Å². The largest absolute Gasteiger partial charge is 0.465 e. The van der Waals surface area contributed by atoms with Gasteiger partial charge in [0, 0.05) is 36.3 Å². The Hall–Kier alpha value is -3.75. The average Bonchev–Trinajstić information content (AvgIpc) is 3.29. The molecule has 160 valence electrons. The van der Waals surface area contributed by atoms with Gasteiger partial charge in [-0.05, 0) is 43.5 Å². The first-order valence-corrected chi connectivity index (χ1v) is 9.86. The number of ether oxygens (including phenoxy) is 1. The zero-order valence-corrected chi connectivity index (χ0v) is 16.8. The van der Waals surface area contributed by atoms with E-state index in [2.05, 4.69) is 9.89 Å². The molecule has 0 amide bonds. The first-order chi connectivity index (χ1) is 15.0. The molecule has 0 spiro atoms. The van der Waals surface area contributed by atoms with Crippen LogP contribution in [0.3, 0.4) is 0 Å². The number of aromatic nitrogens is 1. The Kier molecular flexibility index (Phi) is 5.66. The second-order valence-electron chi connectivity index (χ2n) is 7.27. The summed E-state index contributed by atoms with van der Waals surface area (Å²) in [5.41, 5.74) is 1.87. The first kappa shape index (κ1) is 20.5. The van der Waals surface area contributed by atoms with Gasteiger partial charge in [0.15, 0.2) is 5.76 Å². The van der Waals surface area contributed by atoms with E-state index in [1.807, 2.05) is 4.90 Å². The smallest absolute Gasteiger partial charge is 0.340 e. The molecular formula is C22H20FN3O5. The number of methoxy groups -OCH3 is 1. The summed E-state index contributed by atoms with van der Waals surface area (Å²) in [5.74, 6) is -1.08. The van der Waals surface area contributed by atoms with E-state index in [-0.39, 0.29) is 16.2 Å². The van der Waals surface area contributed by atoms with E-state index in [9.17, 15) is 19.3 Å². The number of anilines is 1. The van der Waals surface area contributed by atoms with Crippen LogP contribution in [-0.4, -0.2) is 36.2 Å². The summed E-state index contributed by atoms with van der Waals surface area (Å²) in [4.78, 5) is 24.7. The summed E-state index contributed by atoms with van der Waals surface area (Å²) in [6.45, 7) is 1.52. The van der Waals surface area contributed by atoms with E-state index >= 15 is 0 Å². The average molecular weight is 425 g/mol. The van der Waals surface area contributed by atoms with Gasteiger partial charge in [0.2, 0.25) is 0 Å². The van der Waals surface area contributed by atoms with E-state index in [4.69, 9.17) is 4.52 Å². The molecule has 31 heavy (non-hydrogen) atoms. The Morgan fingerprint density at radius 3 is 2.55 bits per heavy atom. The van der Waals surface area contributed by atoms with Crippen molar-refractivity contribution >= 4 is 17.3 Å². The van der Waals surface area contributed by atoms with Gasteiger partial charge in [0.05, 0.1) is 17.6 Å². The fraction of sp³-hybridized carbons (Fsp3) is 0.273. The third-order valence-corrected chi connectivity index (χ3v) is 5.33. The van der Waals surface area contributed by atoms with Crippen molar-refractivity contribution in [3.63, 3.8) is 0 Å². The summed E-state index contributed by atoms with van der Waals surface area (Å²) >= 11 is 0. The SMILES string of the molecule is COC(=O)c1ccc(-c2cc(-c3ccc([N+](=O)[O-])c(N4CCCCC4)c3)on2)cc1F.